The predicted octanol–water partition coefficient (Wildman–Crippen LogP) is 2.97. The van der Waals surface area contributed by atoms with Gasteiger partial charge in [-0.2, -0.15) is 0 Å². The maximum atomic E-state index is 12.4. The summed E-state index contributed by atoms with van der Waals surface area (Å²) >= 11 is 5.64. The van der Waals surface area contributed by atoms with Crippen molar-refractivity contribution in [3.63, 3.8) is 0 Å². The molecular formula is C14H18ClF2NO. The molecule has 0 radical (unpaired) electrons. The zero-order valence-electron chi connectivity index (χ0n) is 10.7. The first-order valence-corrected chi connectivity index (χ1v) is 7.03. The lowest BCUT2D eigenvalue weighted by atomic mass is 10.1. The van der Waals surface area contributed by atoms with Gasteiger partial charge in [0.15, 0.2) is 0 Å². The molecule has 0 amide bonds. The number of benzene rings is 1. The second-order valence-corrected chi connectivity index (χ2v) is 5.05. The zero-order valence-corrected chi connectivity index (χ0v) is 11.5. The maximum absolute atomic E-state index is 12.4. The average molecular weight is 290 g/mol. The minimum Gasteiger partial charge on any atom is -0.493 e. The third-order valence-corrected chi connectivity index (χ3v) is 3.44. The van der Waals surface area contributed by atoms with E-state index in [0.29, 0.717) is 19.0 Å². The Kier molecular flexibility index (Phi) is 5.40. The summed E-state index contributed by atoms with van der Waals surface area (Å²) in [5.74, 6) is 1.33. The maximum Gasteiger partial charge on any atom is 0.251 e. The van der Waals surface area contributed by atoms with E-state index in [0.717, 1.165) is 30.8 Å². The fourth-order valence-corrected chi connectivity index (χ4v) is 2.53. The molecule has 19 heavy (non-hydrogen) atoms. The second-order valence-electron chi connectivity index (χ2n) is 4.67. The number of rotatable bonds is 7. The number of nitrogens with zero attached hydrogens (tertiary/aromatic N) is 1. The quantitative estimate of drug-likeness (QED) is 0.716. The third-order valence-electron chi connectivity index (χ3n) is 3.27. The molecule has 0 aromatic heterocycles. The van der Waals surface area contributed by atoms with E-state index < -0.39 is 6.43 Å². The monoisotopic (exact) mass is 289 g/mol. The molecule has 0 saturated carbocycles. The van der Waals surface area contributed by atoms with Gasteiger partial charge in [-0.05, 0) is 23.6 Å². The van der Waals surface area contributed by atoms with Gasteiger partial charge in [0.05, 0.1) is 13.2 Å². The lowest BCUT2D eigenvalue weighted by Crippen LogP contribution is -2.32. The Bertz CT molecular complexity index is 414. The Hall–Kier alpha value is -0.870. The van der Waals surface area contributed by atoms with Crippen molar-refractivity contribution in [3.8, 4) is 5.75 Å². The van der Waals surface area contributed by atoms with Crippen LogP contribution in [0.3, 0.4) is 0 Å². The van der Waals surface area contributed by atoms with Crippen molar-refractivity contribution < 1.29 is 13.5 Å². The third kappa shape index (κ3) is 4.32. The van der Waals surface area contributed by atoms with E-state index in [1.165, 1.54) is 5.56 Å². The van der Waals surface area contributed by atoms with E-state index in [1.807, 2.05) is 12.1 Å². The van der Waals surface area contributed by atoms with E-state index in [9.17, 15) is 8.78 Å². The van der Waals surface area contributed by atoms with Gasteiger partial charge in [-0.25, -0.2) is 8.78 Å². The van der Waals surface area contributed by atoms with Crippen molar-refractivity contribution in [2.24, 2.45) is 0 Å². The van der Waals surface area contributed by atoms with Crippen molar-refractivity contribution in [2.75, 3.05) is 32.1 Å². The highest BCUT2D eigenvalue weighted by molar-refractivity contribution is 6.18. The molecular weight excluding hydrogens is 272 g/mol. The summed E-state index contributed by atoms with van der Waals surface area (Å²) in [6.45, 7) is 1.64. The van der Waals surface area contributed by atoms with Crippen LogP contribution in [0.15, 0.2) is 18.2 Å². The van der Waals surface area contributed by atoms with Crippen molar-refractivity contribution in [3.05, 3.63) is 29.3 Å². The van der Waals surface area contributed by atoms with Crippen LogP contribution in [0.25, 0.3) is 0 Å². The lowest BCUT2D eigenvalue weighted by Gasteiger charge is -2.20. The van der Waals surface area contributed by atoms with Crippen molar-refractivity contribution in [1.82, 2.24) is 4.90 Å². The van der Waals surface area contributed by atoms with E-state index in [4.69, 9.17) is 16.3 Å². The average Bonchev–Trinajstić information content (AvgIpc) is 2.83. The number of alkyl halides is 3. The Labute approximate surface area is 117 Å². The first kappa shape index (κ1) is 14.5. The molecule has 0 saturated heterocycles. The Balaban J connectivity index is 1.89. The van der Waals surface area contributed by atoms with Gasteiger partial charge in [-0.1, -0.05) is 12.1 Å². The Morgan fingerprint density at radius 2 is 2.16 bits per heavy atom. The number of hydrogen-bond acceptors (Lipinski definition) is 2. The predicted molar refractivity (Wildman–Crippen MR) is 72.5 cm³/mol. The zero-order chi connectivity index (χ0) is 13.7. The summed E-state index contributed by atoms with van der Waals surface area (Å²) < 4.78 is 30.3. The van der Waals surface area contributed by atoms with Crippen LogP contribution in [0.5, 0.6) is 5.75 Å². The molecule has 0 atom stereocenters. The van der Waals surface area contributed by atoms with Crippen molar-refractivity contribution in [1.29, 1.82) is 0 Å². The van der Waals surface area contributed by atoms with Crippen LogP contribution >= 0.6 is 11.6 Å². The number of hydrogen-bond donors (Lipinski definition) is 0. The molecule has 0 aliphatic carbocycles. The molecule has 2 nitrogen and oxygen atoms in total. The molecule has 2 rings (SSSR count). The topological polar surface area (TPSA) is 12.5 Å². The van der Waals surface area contributed by atoms with Gasteiger partial charge in [0.1, 0.15) is 5.75 Å². The summed E-state index contributed by atoms with van der Waals surface area (Å²) in [6, 6.07) is 6.09. The normalized spacial score (nSPS) is 13.9. The van der Waals surface area contributed by atoms with Crippen LogP contribution in [0.2, 0.25) is 0 Å². The van der Waals surface area contributed by atoms with Crippen LogP contribution in [-0.2, 0) is 12.8 Å². The first-order valence-electron chi connectivity index (χ1n) is 6.50. The molecule has 5 heteroatoms. The highest BCUT2D eigenvalue weighted by Crippen LogP contribution is 2.26. The lowest BCUT2D eigenvalue weighted by molar-refractivity contribution is 0.0917. The minimum absolute atomic E-state index is 0.208. The van der Waals surface area contributed by atoms with Crippen molar-refractivity contribution in [2.45, 2.75) is 19.3 Å². The molecule has 0 N–H and O–H groups in total. The van der Waals surface area contributed by atoms with E-state index in [1.54, 1.807) is 4.90 Å². The van der Waals surface area contributed by atoms with E-state index in [-0.39, 0.29) is 6.54 Å². The van der Waals surface area contributed by atoms with Gasteiger partial charge >= 0.3 is 0 Å². The van der Waals surface area contributed by atoms with Crippen molar-refractivity contribution >= 4 is 11.6 Å². The Morgan fingerprint density at radius 1 is 1.32 bits per heavy atom. The highest BCUT2D eigenvalue weighted by Gasteiger charge is 2.14. The number of ether oxygens (including phenoxy) is 1. The van der Waals surface area contributed by atoms with Crippen LogP contribution < -0.4 is 4.74 Å². The highest BCUT2D eigenvalue weighted by atomic mass is 35.5. The van der Waals surface area contributed by atoms with Crippen LogP contribution in [0.4, 0.5) is 8.78 Å². The van der Waals surface area contributed by atoms with E-state index >= 15 is 0 Å². The fraction of sp³-hybridized carbons (Fsp3) is 0.571. The molecule has 0 unspecified atom stereocenters. The van der Waals surface area contributed by atoms with Gasteiger partial charge in [0.2, 0.25) is 0 Å². The molecule has 106 valence electrons. The molecule has 1 aromatic carbocycles. The molecule has 0 fully saturated rings. The smallest absolute Gasteiger partial charge is 0.251 e. The summed E-state index contributed by atoms with van der Waals surface area (Å²) in [6.07, 6.45) is -0.612. The second kappa shape index (κ2) is 7.06. The summed E-state index contributed by atoms with van der Waals surface area (Å²) in [5.41, 5.74) is 2.38. The fourth-order valence-electron chi connectivity index (χ4n) is 2.29. The summed E-state index contributed by atoms with van der Waals surface area (Å²) in [4.78, 5) is 1.71. The standard InChI is InChI=1S/C14H18ClF2NO/c15-5-7-18(10-14(16)17)6-3-11-1-2-13-12(9-11)4-8-19-13/h1-2,9,14H,3-8,10H2. The van der Waals surface area contributed by atoms with Gasteiger partial charge in [0.25, 0.3) is 6.43 Å². The molecule has 1 aliphatic rings. The molecule has 0 spiro atoms. The molecule has 1 aliphatic heterocycles. The molecule has 1 heterocycles. The van der Waals surface area contributed by atoms with Gasteiger partial charge in [-0.3, -0.25) is 4.90 Å². The van der Waals surface area contributed by atoms with Crippen LogP contribution in [-0.4, -0.2) is 43.4 Å². The number of halogens is 3. The largest absolute Gasteiger partial charge is 0.493 e. The molecule has 0 bridgehead atoms. The minimum atomic E-state index is -2.31. The Morgan fingerprint density at radius 3 is 2.89 bits per heavy atom. The SMILES string of the molecule is FC(F)CN(CCCl)CCc1ccc2c(c1)CCO2. The van der Waals surface area contributed by atoms with Gasteiger partial charge in [-0.15, -0.1) is 11.6 Å². The van der Waals surface area contributed by atoms with Gasteiger partial charge in [0, 0.05) is 25.4 Å². The summed E-state index contributed by atoms with van der Waals surface area (Å²) in [5, 5.41) is 0. The van der Waals surface area contributed by atoms with Crippen LogP contribution in [0, 0.1) is 0 Å². The molecule has 1 aromatic rings. The van der Waals surface area contributed by atoms with E-state index in [2.05, 4.69) is 6.07 Å². The summed E-state index contributed by atoms with van der Waals surface area (Å²) in [7, 11) is 0. The van der Waals surface area contributed by atoms with Crippen LogP contribution in [0.1, 0.15) is 11.1 Å². The van der Waals surface area contributed by atoms with Gasteiger partial charge < -0.3 is 4.74 Å². The number of fused-ring (bicyclic) bond motifs is 1. The first-order chi connectivity index (χ1) is 9.19.